The van der Waals surface area contributed by atoms with Crippen molar-refractivity contribution in [1.29, 1.82) is 0 Å². The first-order valence-electron chi connectivity index (χ1n) is 5.13. The van der Waals surface area contributed by atoms with E-state index in [2.05, 4.69) is 10.4 Å². The molecule has 1 aromatic carbocycles. The first kappa shape index (κ1) is 11.3. The van der Waals surface area contributed by atoms with Crippen molar-refractivity contribution in [2.75, 3.05) is 12.4 Å². The first-order valence-corrected chi connectivity index (χ1v) is 5.13. The fourth-order valence-electron chi connectivity index (χ4n) is 1.62. The van der Waals surface area contributed by atoms with Crippen molar-refractivity contribution in [1.82, 2.24) is 9.78 Å². The van der Waals surface area contributed by atoms with Gasteiger partial charge in [0.15, 0.2) is 0 Å². The molecular formula is C12H12FN3O. The number of rotatable bonds is 2. The van der Waals surface area contributed by atoms with E-state index in [4.69, 9.17) is 0 Å². The van der Waals surface area contributed by atoms with Gasteiger partial charge in [0.2, 0.25) is 0 Å². The number of hydrogen-bond donors (Lipinski definition) is 1. The highest BCUT2D eigenvalue weighted by Gasteiger charge is 2.11. The Labute approximate surface area is 97.7 Å². The molecule has 1 N–H and O–H groups in total. The monoisotopic (exact) mass is 233 g/mol. The van der Waals surface area contributed by atoms with Gasteiger partial charge in [0.25, 0.3) is 5.56 Å². The molecule has 2 rings (SSSR count). The van der Waals surface area contributed by atoms with Crippen molar-refractivity contribution in [3.8, 4) is 11.1 Å². The Morgan fingerprint density at radius 1 is 1.29 bits per heavy atom. The highest BCUT2D eigenvalue weighted by Crippen LogP contribution is 2.23. The normalized spacial score (nSPS) is 10.3. The summed E-state index contributed by atoms with van der Waals surface area (Å²) in [6.07, 6.45) is 1.57. The molecule has 1 heterocycles. The molecule has 5 heteroatoms. The van der Waals surface area contributed by atoms with E-state index in [9.17, 15) is 9.18 Å². The molecule has 1 aromatic heterocycles. The summed E-state index contributed by atoms with van der Waals surface area (Å²) < 4.78 is 14.1. The van der Waals surface area contributed by atoms with E-state index in [0.717, 1.165) is 0 Å². The average molecular weight is 233 g/mol. The number of aryl methyl sites for hydroxylation is 1. The molecule has 0 amide bonds. The molecule has 0 saturated heterocycles. The topological polar surface area (TPSA) is 46.9 Å². The first-order chi connectivity index (χ1) is 8.13. The molecule has 0 unspecified atom stereocenters. The molecule has 4 nitrogen and oxygen atoms in total. The summed E-state index contributed by atoms with van der Waals surface area (Å²) >= 11 is 0. The van der Waals surface area contributed by atoms with Crippen LogP contribution in [0.4, 0.5) is 10.1 Å². The lowest BCUT2D eigenvalue weighted by Gasteiger charge is -2.09. The number of anilines is 1. The van der Waals surface area contributed by atoms with Crippen molar-refractivity contribution in [3.63, 3.8) is 0 Å². The van der Waals surface area contributed by atoms with Crippen molar-refractivity contribution < 1.29 is 4.39 Å². The lowest BCUT2D eigenvalue weighted by molar-refractivity contribution is 0.628. The summed E-state index contributed by atoms with van der Waals surface area (Å²) in [5.41, 5.74) is 1.56. The van der Waals surface area contributed by atoms with Gasteiger partial charge in [-0.3, -0.25) is 4.79 Å². The van der Waals surface area contributed by atoms with E-state index in [1.165, 1.54) is 16.8 Å². The molecule has 0 saturated carbocycles. The zero-order chi connectivity index (χ0) is 12.4. The van der Waals surface area contributed by atoms with Gasteiger partial charge in [-0.2, -0.15) is 5.10 Å². The van der Waals surface area contributed by atoms with Crippen LogP contribution in [0.1, 0.15) is 0 Å². The van der Waals surface area contributed by atoms with Crippen LogP contribution in [0.2, 0.25) is 0 Å². The number of nitrogens with one attached hydrogen (secondary N) is 1. The van der Waals surface area contributed by atoms with Gasteiger partial charge in [-0.25, -0.2) is 9.07 Å². The lowest BCUT2D eigenvalue weighted by Crippen LogP contribution is -2.22. The lowest BCUT2D eigenvalue weighted by atomic mass is 10.1. The largest absolute Gasteiger partial charge is 0.386 e. The molecule has 0 fully saturated rings. The second-order valence-electron chi connectivity index (χ2n) is 3.62. The Balaban J connectivity index is 2.69. The van der Waals surface area contributed by atoms with Gasteiger partial charge in [-0.15, -0.1) is 0 Å². The maximum absolute atomic E-state index is 12.9. The quantitative estimate of drug-likeness (QED) is 0.857. The average Bonchev–Trinajstić information content (AvgIpc) is 2.34. The number of benzene rings is 1. The maximum Gasteiger partial charge on any atom is 0.276 e. The minimum atomic E-state index is -0.328. The van der Waals surface area contributed by atoms with Crippen LogP contribution in [-0.2, 0) is 7.05 Å². The minimum absolute atomic E-state index is 0.219. The van der Waals surface area contributed by atoms with Crippen LogP contribution in [0.3, 0.4) is 0 Å². The van der Waals surface area contributed by atoms with Crippen LogP contribution in [-0.4, -0.2) is 16.8 Å². The van der Waals surface area contributed by atoms with Gasteiger partial charge >= 0.3 is 0 Å². The van der Waals surface area contributed by atoms with Crippen LogP contribution < -0.4 is 10.9 Å². The third-order valence-corrected chi connectivity index (χ3v) is 2.54. The van der Waals surface area contributed by atoms with Crippen molar-refractivity contribution in [2.24, 2.45) is 7.05 Å². The zero-order valence-electron chi connectivity index (χ0n) is 9.57. The molecule has 0 aliphatic carbocycles. The fourth-order valence-corrected chi connectivity index (χ4v) is 1.62. The molecule has 0 spiro atoms. The Hall–Kier alpha value is -2.17. The number of nitrogens with zero attached hydrogens (tertiary/aromatic N) is 2. The van der Waals surface area contributed by atoms with E-state index in [0.29, 0.717) is 16.8 Å². The number of hydrogen-bond acceptors (Lipinski definition) is 3. The summed E-state index contributed by atoms with van der Waals surface area (Å²) in [5, 5.41) is 6.83. The third kappa shape index (κ3) is 2.04. The predicted molar refractivity (Wildman–Crippen MR) is 64.4 cm³/mol. The van der Waals surface area contributed by atoms with E-state index in [-0.39, 0.29) is 11.4 Å². The van der Waals surface area contributed by atoms with Crippen molar-refractivity contribution >= 4 is 5.69 Å². The molecular weight excluding hydrogens is 221 g/mol. The third-order valence-electron chi connectivity index (χ3n) is 2.54. The SMILES string of the molecule is CNc1cnn(C)c(=O)c1-c1ccc(F)cc1. The molecule has 0 aliphatic rings. The van der Waals surface area contributed by atoms with Gasteiger partial charge in [-0.1, -0.05) is 12.1 Å². The Morgan fingerprint density at radius 2 is 1.94 bits per heavy atom. The van der Waals surface area contributed by atoms with Crippen LogP contribution in [0.15, 0.2) is 35.3 Å². The fraction of sp³-hybridized carbons (Fsp3) is 0.167. The molecule has 17 heavy (non-hydrogen) atoms. The van der Waals surface area contributed by atoms with Gasteiger partial charge < -0.3 is 5.32 Å². The summed E-state index contributed by atoms with van der Waals surface area (Å²) in [5.74, 6) is -0.328. The van der Waals surface area contributed by atoms with Crippen LogP contribution in [0, 0.1) is 5.82 Å². The van der Waals surface area contributed by atoms with Gasteiger partial charge in [0, 0.05) is 14.1 Å². The summed E-state index contributed by atoms with van der Waals surface area (Å²) in [6.45, 7) is 0. The highest BCUT2D eigenvalue weighted by atomic mass is 19.1. The van der Waals surface area contributed by atoms with Gasteiger partial charge in [0.1, 0.15) is 5.82 Å². The predicted octanol–water partition coefficient (Wildman–Crippen LogP) is 1.63. The number of halogens is 1. The Kier molecular flexibility index (Phi) is 2.91. The van der Waals surface area contributed by atoms with E-state index in [1.807, 2.05) is 0 Å². The second kappa shape index (κ2) is 4.37. The van der Waals surface area contributed by atoms with Crippen molar-refractivity contribution in [2.45, 2.75) is 0 Å². The minimum Gasteiger partial charge on any atom is -0.386 e. The molecule has 0 bridgehead atoms. The molecule has 0 aliphatic heterocycles. The zero-order valence-corrected chi connectivity index (χ0v) is 9.57. The van der Waals surface area contributed by atoms with Gasteiger partial charge in [-0.05, 0) is 17.7 Å². The van der Waals surface area contributed by atoms with Crippen molar-refractivity contribution in [3.05, 3.63) is 46.6 Å². The standard InChI is InChI=1S/C12H12FN3O/c1-14-10-7-15-16(2)12(17)11(10)8-3-5-9(13)6-4-8/h3-7,14H,1-2H3. The summed E-state index contributed by atoms with van der Waals surface area (Å²) in [6, 6.07) is 5.81. The molecule has 0 radical (unpaired) electrons. The number of aromatic nitrogens is 2. The molecule has 0 atom stereocenters. The smallest absolute Gasteiger partial charge is 0.276 e. The highest BCUT2D eigenvalue weighted by molar-refractivity contribution is 5.76. The van der Waals surface area contributed by atoms with E-state index >= 15 is 0 Å². The van der Waals surface area contributed by atoms with Gasteiger partial charge in [0.05, 0.1) is 17.4 Å². The molecule has 2 aromatic rings. The van der Waals surface area contributed by atoms with Crippen LogP contribution in [0.5, 0.6) is 0 Å². The summed E-state index contributed by atoms with van der Waals surface area (Å²) in [4.78, 5) is 12.0. The van der Waals surface area contributed by atoms with Crippen LogP contribution in [0.25, 0.3) is 11.1 Å². The summed E-state index contributed by atoms with van der Waals surface area (Å²) in [7, 11) is 3.29. The molecule has 88 valence electrons. The maximum atomic E-state index is 12.9. The van der Waals surface area contributed by atoms with E-state index < -0.39 is 0 Å². The van der Waals surface area contributed by atoms with Crippen LogP contribution >= 0.6 is 0 Å². The Morgan fingerprint density at radius 3 is 2.53 bits per heavy atom. The Bertz CT molecular complexity index is 590. The second-order valence-corrected chi connectivity index (χ2v) is 3.62. The van der Waals surface area contributed by atoms with E-state index in [1.54, 1.807) is 32.4 Å².